The average Bonchev–Trinajstić information content (AvgIpc) is 2.09. The van der Waals surface area contributed by atoms with E-state index in [4.69, 9.17) is 0 Å². The summed E-state index contributed by atoms with van der Waals surface area (Å²) < 4.78 is 0. The molecule has 0 atom stereocenters. The van der Waals surface area contributed by atoms with Gasteiger partial charge < -0.3 is 10.6 Å². The molecule has 2 saturated heterocycles. The van der Waals surface area contributed by atoms with Crippen LogP contribution in [0.15, 0.2) is 12.3 Å². The van der Waals surface area contributed by atoms with E-state index in [9.17, 15) is 0 Å². The lowest BCUT2D eigenvalue weighted by Gasteiger charge is -2.39. The van der Waals surface area contributed by atoms with Crippen LogP contribution < -0.4 is 10.6 Å². The van der Waals surface area contributed by atoms with E-state index in [2.05, 4.69) is 17.2 Å². The summed E-state index contributed by atoms with van der Waals surface area (Å²) in [6.07, 6.45) is 2.44. The molecule has 2 rings (SSSR count). The molecule has 0 aromatic carbocycles. The van der Waals surface area contributed by atoms with E-state index in [0.717, 1.165) is 13.1 Å². The second-order valence-electron chi connectivity index (χ2n) is 3.11. The van der Waals surface area contributed by atoms with Gasteiger partial charge >= 0.3 is 0 Å². The largest absolute Gasteiger partial charge is 0.381 e. The van der Waals surface area contributed by atoms with Crippen LogP contribution >= 0.6 is 0 Å². The Hall–Kier alpha value is -0.500. The Morgan fingerprint density at radius 1 is 1.44 bits per heavy atom. The van der Waals surface area contributed by atoms with Crippen molar-refractivity contribution in [3.8, 4) is 0 Å². The van der Waals surface area contributed by atoms with Gasteiger partial charge in [-0.15, -0.1) is 0 Å². The van der Waals surface area contributed by atoms with Gasteiger partial charge in [0.25, 0.3) is 0 Å². The van der Waals surface area contributed by atoms with Crippen LogP contribution in [-0.4, -0.2) is 18.6 Å². The van der Waals surface area contributed by atoms with Crippen molar-refractivity contribution in [1.82, 2.24) is 10.6 Å². The van der Waals surface area contributed by atoms with Gasteiger partial charge in [-0.3, -0.25) is 0 Å². The predicted molar refractivity (Wildman–Crippen MR) is 37.1 cm³/mol. The van der Waals surface area contributed by atoms with E-state index in [1.54, 1.807) is 0 Å². The summed E-state index contributed by atoms with van der Waals surface area (Å²) in [7, 11) is 0. The van der Waals surface area contributed by atoms with Gasteiger partial charge in [0.2, 0.25) is 0 Å². The molecule has 0 amide bonds. The number of rotatable bonds is 0. The van der Waals surface area contributed by atoms with E-state index in [1.807, 2.05) is 0 Å². The summed E-state index contributed by atoms with van der Waals surface area (Å²) in [5.41, 5.74) is 1.65. The fourth-order valence-electron chi connectivity index (χ4n) is 1.58. The van der Waals surface area contributed by atoms with Gasteiger partial charge in [0.05, 0.1) is 5.54 Å². The molecular formula is C7H12N2. The molecule has 2 nitrogen and oxygen atoms in total. The summed E-state index contributed by atoms with van der Waals surface area (Å²) in [5, 5.41) is 6.67. The minimum atomic E-state index is 0.428. The second-order valence-corrected chi connectivity index (χ2v) is 3.11. The molecule has 2 heteroatoms. The van der Waals surface area contributed by atoms with Crippen molar-refractivity contribution < 1.29 is 0 Å². The average molecular weight is 124 g/mol. The van der Waals surface area contributed by atoms with Crippen LogP contribution in [0.3, 0.4) is 0 Å². The van der Waals surface area contributed by atoms with Crippen molar-refractivity contribution >= 4 is 0 Å². The highest BCUT2D eigenvalue weighted by Crippen LogP contribution is 2.27. The number of nitrogens with one attached hydrogen (secondary N) is 2. The first-order valence-corrected chi connectivity index (χ1v) is 3.47. The van der Waals surface area contributed by atoms with Gasteiger partial charge in [-0.1, -0.05) is 6.58 Å². The fourth-order valence-corrected chi connectivity index (χ4v) is 1.58. The Balaban J connectivity index is 2.07. The van der Waals surface area contributed by atoms with Crippen molar-refractivity contribution in [2.45, 2.75) is 18.4 Å². The predicted octanol–water partition coefficient (Wildman–Crippen LogP) is 0.225. The first-order chi connectivity index (χ1) is 4.31. The molecule has 0 radical (unpaired) electrons. The lowest BCUT2D eigenvalue weighted by Crippen LogP contribution is -2.64. The molecule has 2 N–H and O–H groups in total. The SMILES string of the molecule is C=C1CCC2(CNC2)N1. The molecule has 2 fully saturated rings. The third kappa shape index (κ3) is 0.663. The minimum absolute atomic E-state index is 0.428. The molecule has 2 heterocycles. The molecule has 0 aliphatic carbocycles. The quantitative estimate of drug-likeness (QED) is 0.483. The number of allylic oxidation sites excluding steroid dienone is 1. The molecule has 50 valence electrons. The highest BCUT2D eigenvalue weighted by atomic mass is 15.2. The molecule has 9 heavy (non-hydrogen) atoms. The van der Waals surface area contributed by atoms with E-state index in [-0.39, 0.29) is 0 Å². The lowest BCUT2D eigenvalue weighted by atomic mass is 9.91. The van der Waals surface area contributed by atoms with Crippen LogP contribution in [0.4, 0.5) is 0 Å². The normalized spacial score (nSPS) is 30.0. The highest BCUT2D eigenvalue weighted by Gasteiger charge is 2.40. The van der Waals surface area contributed by atoms with Gasteiger partial charge in [-0.05, 0) is 12.8 Å². The highest BCUT2D eigenvalue weighted by molar-refractivity contribution is 5.15. The Labute approximate surface area is 55.3 Å². The van der Waals surface area contributed by atoms with Crippen LogP contribution in [0, 0.1) is 0 Å². The van der Waals surface area contributed by atoms with E-state index in [0.29, 0.717) is 5.54 Å². The van der Waals surface area contributed by atoms with E-state index in [1.165, 1.54) is 18.5 Å². The first-order valence-electron chi connectivity index (χ1n) is 3.47. The van der Waals surface area contributed by atoms with Crippen molar-refractivity contribution in [3.05, 3.63) is 12.3 Å². The van der Waals surface area contributed by atoms with Gasteiger partial charge in [0.15, 0.2) is 0 Å². The maximum absolute atomic E-state index is 3.89. The van der Waals surface area contributed by atoms with E-state index < -0.39 is 0 Å². The van der Waals surface area contributed by atoms with Crippen molar-refractivity contribution in [2.24, 2.45) is 0 Å². The molecular weight excluding hydrogens is 112 g/mol. The zero-order chi connectivity index (χ0) is 6.32. The number of hydrogen-bond donors (Lipinski definition) is 2. The zero-order valence-corrected chi connectivity index (χ0v) is 5.54. The smallest absolute Gasteiger partial charge is 0.0622 e. The van der Waals surface area contributed by atoms with Crippen LogP contribution in [0.1, 0.15) is 12.8 Å². The van der Waals surface area contributed by atoms with Gasteiger partial charge in [0, 0.05) is 18.8 Å². The summed E-state index contributed by atoms with van der Waals surface area (Å²) in [6, 6.07) is 0. The Morgan fingerprint density at radius 3 is 2.44 bits per heavy atom. The molecule has 2 aliphatic heterocycles. The summed E-state index contributed by atoms with van der Waals surface area (Å²) >= 11 is 0. The summed E-state index contributed by atoms with van der Waals surface area (Å²) in [4.78, 5) is 0. The van der Waals surface area contributed by atoms with Crippen LogP contribution in [-0.2, 0) is 0 Å². The van der Waals surface area contributed by atoms with Crippen molar-refractivity contribution in [3.63, 3.8) is 0 Å². The molecule has 2 aliphatic rings. The monoisotopic (exact) mass is 124 g/mol. The molecule has 0 aromatic heterocycles. The molecule has 0 saturated carbocycles. The van der Waals surface area contributed by atoms with Crippen LogP contribution in [0.5, 0.6) is 0 Å². The molecule has 1 spiro atoms. The maximum atomic E-state index is 3.89. The zero-order valence-electron chi connectivity index (χ0n) is 5.54. The van der Waals surface area contributed by atoms with Crippen molar-refractivity contribution in [1.29, 1.82) is 0 Å². The second kappa shape index (κ2) is 1.51. The number of hydrogen-bond acceptors (Lipinski definition) is 2. The van der Waals surface area contributed by atoms with E-state index >= 15 is 0 Å². The molecule has 0 unspecified atom stereocenters. The third-order valence-corrected chi connectivity index (χ3v) is 2.27. The standard InChI is InChI=1S/C7H12N2/c1-6-2-3-7(9-6)4-8-5-7/h8-9H,1-5H2. The van der Waals surface area contributed by atoms with Crippen molar-refractivity contribution in [2.75, 3.05) is 13.1 Å². The summed E-state index contributed by atoms with van der Waals surface area (Å²) in [5.74, 6) is 0. The Morgan fingerprint density at radius 2 is 2.22 bits per heavy atom. The molecule has 0 aromatic rings. The summed E-state index contributed by atoms with van der Waals surface area (Å²) in [6.45, 7) is 6.15. The lowest BCUT2D eigenvalue weighted by molar-refractivity contribution is 0.253. The maximum Gasteiger partial charge on any atom is 0.0622 e. The fraction of sp³-hybridized carbons (Fsp3) is 0.714. The Kier molecular flexibility index (Phi) is 0.887. The topological polar surface area (TPSA) is 24.1 Å². The minimum Gasteiger partial charge on any atom is -0.381 e. The van der Waals surface area contributed by atoms with Gasteiger partial charge in [-0.2, -0.15) is 0 Å². The van der Waals surface area contributed by atoms with Gasteiger partial charge in [0.1, 0.15) is 0 Å². The molecule has 0 bridgehead atoms. The first kappa shape index (κ1) is 5.30. The van der Waals surface area contributed by atoms with Gasteiger partial charge in [-0.25, -0.2) is 0 Å². The Bertz CT molecular complexity index is 147. The van der Waals surface area contributed by atoms with Crippen LogP contribution in [0.25, 0.3) is 0 Å². The third-order valence-electron chi connectivity index (χ3n) is 2.27. The van der Waals surface area contributed by atoms with Crippen LogP contribution in [0.2, 0.25) is 0 Å².